The predicted molar refractivity (Wildman–Crippen MR) is 62.6 cm³/mol. The number of rotatable bonds is 3. The average Bonchev–Trinajstić information content (AvgIpc) is 2.39. The number of phenolic OH excluding ortho intramolecular Hbond substituents is 1. The van der Waals surface area contributed by atoms with E-state index in [1.807, 2.05) is 0 Å². The van der Waals surface area contributed by atoms with Gasteiger partial charge in [-0.25, -0.2) is 0 Å². The third kappa shape index (κ3) is 3.44. The zero-order valence-corrected chi connectivity index (χ0v) is 9.48. The molecule has 0 aliphatic carbocycles. The highest BCUT2D eigenvalue weighted by Gasteiger charge is 2.20. The van der Waals surface area contributed by atoms with Crippen molar-refractivity contribution in [1.82, 2.24) is 10.6 Å². The summed E-state index contributed by atoms with van der Waals surface area (Å²) < 4.78 is 5.21. The molecule has 17 heavy (non-hydrogen) atoms. The molecule has 1 aromatic rings. The van der Waals surface area contributed by atoms with Gasteiger partial charge in [0.15, 0.2) is 0 Å². The fraction of sp³-hybridized carbons (Fsp3) is 0.417. The molecule has 0 aromatic heterocycles. The van der Waals surface area contributed by atoms with Crippen LogP contribution in [-0.2, 0) is 16.1 Å². The molecule has 5 heteroatoms. The van der Waals surface area contributed by atoms with Gasteiger partial charge in [0.05, 0.1) is 13.2 Å². The van der Waals surface area contributed by atoms with Crippen LogP contribution in [0, 0.1) is 0 Å². The van der Waals surface area contributed by atoms with Crippen LogP contribution in [0.15, 0.2) is 24.3 Å². The number of benzene rings is 1. The molecule has 1 atom stereocenters. The Balaban J connectivity index is 1.81. The van der Waals surface area contributed by atoms with E-state index >= 15 is 0 Å². The molecule has 1 aromatic carbocycles. The molecule has 0 spiro atoms. The molecule has 1 amide bonds. The minimum atomic E-state index is -0.263. The van der Waals surface area contributed by atoms with Crippen molar-refractivity contribution in [2.75, 3.05) is 19.8 Å². The maximum Gasteiger partial charge on any atom is 0.239 e. The first-order chi connectivity index (χ1) is 8.25. The second-order valence-corrected chi connectivity index (χ2v) is 3.97. The highest BCUT2D eigenvalue weighted by Crippen LogP contribution is 2.09. The van der Waals surface area contributed by atoms with Crippen LogP contribution in [-0.4, -0.2) is 36.8 Å². The van der Waals surface area contributed by atoms with Gasteiger partial charge in [0, 0.05) is 13.1 Å². The van der Waals surface area contributed by atoms with Gasteiger partial charge >= 0.3 is 0 Å². The van der Waals surface area contributed by atoms with Crippen molar-refractivity contribution in [3.8, 4) is 5.75 Å². The Labute approximate surface area is 99.8 Å². The third-order valence-corrected chi connectivity index (χ3v) is 2.64. The van der Waals surface area contributed by atoms with Crippen molar-refractivity contribution in [1.29, 1.82) is 0 Å². The summed E-state index contributed by atoms with van der Waals surface area (Å²) in [6, 6.07) is 6.49. The Morgan fingerprint density at radius 2 is 2.24 bits per heavy atom. The first-order valence-corrected chi connectivity index (χ1v) is 5.62. The molecule has 0 radical (unpaired) electrons. The summed E-state index contributed by atoms with van der Waals surface area (Å²) in [5.41, 5.74) is 0.952. The van der Waals surface area contributed by atoms with E-state index in [1.54, 1.807) is 24.3 Å². The summed E-state index contributed by atoms with van der Waals surface area (Å²) in [6.45, 7) is 2.23. The summed E-state index contributed by atoms with van der Waals surface area (Å²) in [7, 11) is 0. The maximum absolute atomic E-state index is 11.7. The molecule has 1 aliphatic heterocycles. The summed E-state index contributed by atoms with van der Waals surface area (Å²) in [5.74, 6) is 0.167. The molecule has 92 valence electrons. The van der Waals surface area contributed by atoms with E-state index in [4.69, 9.17) is 9.84 Å². The SMILES string of the molecule is O=C(NCc1ccc(O)cc1)C1COCCN1. The second kappa shape index (κ2) is 5.65. The van der Waals surface area contributed by atoms with Crippen LogP contribution in [0.4, 0.5) is 0 Å². The lowest BCUT2D eigenvalue weighted by atomic mass is 10.2. The monoisotopic (exact) mass is 236 g/mol. The summed E-state index contributed by atoms with van der Waals surface area (Å²) in [5, 5.41) is 15.0. The Kier molecular flexibility index (Phi) is 3.95. The van der Waals surface area contributed by atoms with Gasteiger partial charge in [-0.1, -0.05) is 12.1 Å². The van der Waals surface area contributed by atoms with Gasteiger partial charge in [0.25, 0.3) is 0 Å². The number of aromatic hydroxyl groups is 1. The Bertz CT molecular complexity index is 372. The van der Waals surface area contributed by atoms with Crippen LogP contribution >= 0.6 is 0 Å². The molecule has 1 heterocycles. The van der Waals surface area contributed by atoms with Gasteiger partial charge in [-0.15, -0.1) is 0 Å². The van der Waals surface area contributed by atoms with Crippen LogP contribution in [0.1, 0.15) is 5.56 Å². The third-order valence-electron chi connectivity index (χ3n) is 2.64. The van der Waals surface area contributed by atoms with Crippen LogP contribution in [0.25, 0.3) is 0 Å². The lowest BCUT2D eigenvalue weighted by Crippen LogP contribution is -2.51. The van der Waals surface area contributed by atoms with E-state index in [0.29, 0.717) is 26.3 Å². The minimum Gasteiger partial charge on any atom is -0.508 e. The number of hydrogen-bond acceptors (Lipinski definition) is 4. The van der Waals surface area contributed by atoms with Crippen molar-refractivity contribution in [2.24, 2.45) is 0 Å². The lowest BCUT2D eigenvalue weighted by Gasteiger charge is -2.22. The van der Waals surface area contributed by atoms with Crippen molar-refractivity contribution >= 4 is 5.91 Å². The zero-order chi connectivity index (χ0) is 12.1. The first-order valence-electron chi connectivity index (χ1n) is 5.62. The van der Waals surface area contributed by atoms with E-state index in [2.05, 4.69) is 10.6 Å². The number of nitrogens with one attached hydrogen (secondary N) is 2. The number of morpholine rings is 1. The highest BCUT2D eigenvalue weighted by molar-refractivity contribution is 5.81. The van der Waals surface area contributed by atoms with Crippen molar-refractivity contribution in [2.45, 2.75) is 12.6 Å². The number of carbonyl (C=O) groups is 1. The van der Waals surface area contributed by atoms with Crippen molar-refractivity contribution < 1.29 is 14.6 Å². The molecule has 1 fully saturated rings. The number of phenols is 1. The second-order valence-electron chi connectivity index (χ2n) is 3.97. The van der Waals surface area contributed by atoms with E-state index in [0.717, 1.165) is 5.56 Å². The Morgan fingerprint density at radius 1 is 1.47 bits per heavy atom. The first kappa shape index (κ1) is 11.9. The summed E-state index contributed by atoms with van der Waals surface area (Å²) >= 11 is 0. The van der Waals surface area contributed by atoms with Crippen LogP contribution in [0.5, 0.6) is 5.75 Å². The standard InChI is InChI=1S/C12H16N2O3/c15-10-3-1-9(2-4-10)7-14-12(16)11-8-17-6-5-13-11/h1-4,11,13,15H,5-8H2,(H,14,16). The van der Waals surface area contributed by atoms with Crippen LogP contribution in [0.3, 0.4) is 0 Å². The zero-order valence-electron chi connectivity index (χ0n) is 9.48. The van der Waals surface area contributed by atoms with Gasteiger partial charge in [-0.2, -0.15) is 0 Å². The molecule has 0 bridgehead atoms. The van der Waals surface area contributed by atoms with Crippen molar-refractivity contribution in [3.05, 3.63) is 29.8 Å². The molecule has 1 aliphatic rings. The predicted octanol–water partition coefficient (Wildman–Crippen LogP) is -0.00320. The van der Waals surface area contributed by atoms with Crippen molar-refractivity contribution in [3.63, 3.8) is 0 Å². The van der Waals surface area contributed by atoms with Gasteiger partial charge in [0.2, 0.25) is 5.91 Å². The van der Waals surface area contributed by atoms with E-state index in [1.165, 1.54) is 0 Å². The average molecular weight is 236 g/mol. The number of ether oxygens (including phenoxy) is 1. The maximum atomic E-state index is 11.7. The normalized spacial score (nSPS) is 19.9. The van der Waals surface area contributed by atoms with E-state index < -0.39 is 0 Å². The molecule has 5 nitrogen and oxygen atoms in total. The van der Waals surface area contributed by atoms with Gasteiger partial charge in [-0.3, -0.25) is 4.79 Å². The molecule has 0 saturated carbocycles. The summed E-state index contributed by atoms with van der Waals surface area (Å²) in [4.78, 5) is 11.7. The molecular weight excluding hydrogens is 220 g/mol. The molecule has 1 unspecified atom stereocenters. The Hall–Kier alpha value is -1.59. The Morgan fingerprint density at radius 3 is 2.88 bits per heavy atom. The molecule has 3 N–H and O–H groups in total. The number of amides is 1. The fourth-order valence-corrected chi connectivity index (χ4v) is 1.66. The highest BCUT2D eigenvalue weighted by atomic mass is 16.5. The topological polar surface area (TPSA) is 70.6 Å². The smallest absolute Gasteiger partial charge is 0.239 e. The van der Waals surface area contributed by atoms with Gasteiger partial charge in [-0.05, 0) is 17.7 Å². The van der Waals surface area contributed by atoms with Gasteiger partial charge in [0.1, 0.15) is 11.8 Å². The molecule has 2 rings (SSSR count). The summed E-state index contributed by atoms with van der Waals surface area (Å²) in [6.07, 6.45) is 0. The fourth-order valence-electron chi connectivity index (χ4n) is 1.66. The molecular formula is C12H16N2O3. The number of carbonyl (C=O) groups excluding carboxylic acids is 1. The van der Waals surface area contributed by atoms with Gasteiger partial charge < -0.3 is 20.5 Å². The van der Waals surface area contributed by atoms with E-state index in [9.17, 15) is 4.79 Å². The molecule has 1 saturated heterocycles. The van der Waals surface area contributed by atoms with Crippen LogP contribution in [0.2, 0.25) is 0 Å². The number of hydrogen-bond donors (Lipinski definition) is 3. The lowest BCUT2D eigenvalue weighted by molar-refractivity contribution is -0.126. The van der Waals surface area contributed by atoms with Crippen LogP contribution < -0.4 is 10.6 Å². The van der Waals surface area contributed by atoms with E-state index in [-0.39, 0.29) is 17.7 Å². The quantitative estimate of drug-likeness (QED) is 0.690. The largest absolute Gasteiger partial charge is 0.508 e. The minimum absolute atomic E-state index is 0.0576.